The fourth-order valence-electron chi connectivity index (χ4n) is 2.53. The molecule has 2 aliphatic rings. The summed E-state index contributed by atoms with van der Waals surface area (Å²) < 4.78 is 9.68. The summed E-state index contributed by atoms with van der Waals surface area (Å²) >= 11 is -0.351. The van der Waals surface area contributed by atoms with Crippen molar-refractivity contribution in [3.8, 4) is 0 Å². The van der Waals surface area contributed by atoms with Crippen LogP contribution in [0.3, 0.4) is 0 Å². The fraction of sp³-hybridized carbons (Fsp3) is 1.00. The molecule has 15 heavy (non-hydrogen) atoms. The second-order valence-corrected chi connectivity index (χ2v) is 6.31. The summed E-state index contributed by atoms with van der Waals surface area (Å²) in [5.41, 5.74) is 0. The summed E-state index contributed by atoms with van der Waals surface area (Å²) in [5, 5.41) is 0. The van der Waals surface area contributed by atoms with Gasteiger partial charge in [0.2, 0.25) is 0 Å². The first-order valence-electron chi connectivity index (χ1n) is 6.51. The third kappa shape index (κ3) is 4.34. The summed E-state index contributed by atoms with van der Waals surface area (Å²) in [6.45, 7) is 0. The van der Waals surface area contributed by atoms with Crippen LogP contribution in [0.15, 0.2) is 6.99 Å². The zero-order valence-corrected chi connectivity index (χ0v) is 11.5. The van der Waals surface area contributed by atoms with Gasteiger partial charge in [0.1, 0.15) is 0 Å². The van der Waals surface area contributed by atoms with Gasteiger partial charge in [-0.05, 0) is 0 Å². The van der Waals surface area contributed by atoms with Crippen molar-refractivity contribution in [3.05, 3.63) is 0 Å². The van der Waals surface area contributed by atoms with Gasteiger partial charge in [0.15, 0.2) is 0 Å². The van der Waals surface area contributed by atoms with E-state index in [9.17, 15) is 0 Å². The Morgan fingerprint density at radius 1 is 0.600 bits per heavy atom. The van der Waals surface area contributed by atoms with E-state index >= 15 is 0 Å². The molecule has 0 bridgehead atoms. The minimum atomic E-state index is -0.351. The average Bonchev–Trinajstić information content (AvgIpc) is 2.32. The SMILES string of the molecule is C1CCC([N]=[Mo+2]=[N]C2CCCCC2)CC1. The molecule has 0 saturated heterocycles. The molecule has 0 radical (unpaired) electrons. The van der Waals surface area contributed by atoms with E-state index in [1.165, 1.54) is 64.2 Å². The Morgan fingerprint density at radius 3 is 1.40 bits per heavy atom. The van der Waals surface area contributed by atoms with Gasteiger partial charge in [-0.3, -0.25) is 0 Å². The van der Waals surface area contributed by atoms with E-state index in [1.807, 2.05) is 0 Å². The second kappa shape index (κ2) is 6.78. The van der Waals surface area contributed by atoms with Gasteiger partial charge in [-0.15, -0.1) is 0 Å². The standard InChI is InChI=1S/2C6H11N.Mo/c2*7-6-4-2-1-3-5-6;/h2*6H,1-5H2;/q;;+2. The van der Waals surface area contributed by atoms with Gasteiger partial charge < -0.3 is 0 Å². The topological polar surface area (TPSA) is 24.7 Å². The van der Waals surface area contributed by atoms with Crippen LogP contribution >= 0.6 is 0 Å². The van der Waals surface area contributed by atoms with Crippen molar-refractivity contribution < 1.29 is 18.2 Å². The third-order valence-corrected chi connectivity index (χ3v) is 5.47. The molecule has 2 rings (SSSR count). The zero-order valence-electron chi connectivity index (χ0n) is 9.53. The van der Waals surface area contributed by atoms with Gasteiger partial charge in [0.05, 0.1) is 0 Å². The molecular weight excluding hydrogens is 268 g/mol. The fourth-order valence-corrected chi connectivity index (χ4v) is 4.36. The predicted octanol–water partition coefficient (Wildman–Crippen LogP) is 4.10. The maximum absolute atomic E-state index is 4.84. The molecule has 0 aliphatic heterocycles. The summed E-state index contributed by atoms with van der Waals surface area (Å²) in [4.78, 5) is 0. The van der Waals surface area contributed by atoms with Crippen LogP contribution in [0.25, 0.3) is 0 Å². The van der Waals surface area contributed by atoms with Gasteiger partial charge in [0, 0.05) is 0 Å². The molecule has 0 aromatic rings. The molecule has 0 atom stereocenters. The molecule has 84 valence electrons. The second-order valence-electron chi connectivity index (χ2n) is 4.88. The van der Waals surface area contributed by atoms with E-state index in [0.717, 1.165) is 0 Å². The summed E-state index contributed by atoms with van der Waals surface area (Å²) in [7, 11) is 0. The van der Waals surface area contributed by atoms with Crippen LogP contribution in [-0.2, 0) is 18.2 Å². The Morgan fingerprint density at radius 2 is 1.00 bits per heavy atom. The molecule has 0 aromatic carbocycles. The van der Waals surface area contributed by atoms with E-state index in [2.05, 4.69) is 0 Å². The first-order valence-corrected chi connectivity index (χ1v) is 8.31. The van der Waals surface area contributed by atoms with E-state index < -0.39 is 0 Å². The zero-order chi connectivity index (χ0) is 10.3. The van der Waals surface area contributed by atoms with E-state index in [-0.39, 0.29) is 18.2 Å². The van der Waals surface area contributed by atoms with Crippen molar-refractivity contribution in [1.82, 2.24) is 0 Å². The molecule has 0 spiro atoms. The number of hydrogen-bond donors (Lipinski definition) is 0. The van der Waals surface area contributed by atoms with E-state index in [1.54, 1.807) is 0 Å². The first kappa shape index (κ1) is 11.8. The monoisotopic (exact) mass is 292 g/mol. The molecule has 0 heterocycles. The molecule has 0 N–H and O–H groups in total. The Balaban J connectivity index is 1.77. The quantitative estimate of drug-likeness (QED) is 0.684. The van der Waals surface area contributed by atoms with Gasteiger partial charge in [-0.1, -0.05) is 0 Å². The van der Waals surface area contributed by atoms with E-state index in [4.69, 9.17) is 6.99 Å². The number of rotatable bonds is 2. The number of nitrogens with zero attached hydrogens (tertiary/aromatic N) is 2. The van der Waals surface area contributed by atoms with Crippen LogP contribution in [0, 0.1) is 0 Å². The summed E-state index contributed by atoms with van der Waals surface area (Å²) in [6.07, 6.45) is 13.9. The van der Waals surface area contributed by atoms with Gasteiger partial charge in [0.25, 0.3) is 0 Å². The van der Waals surface area contributed by atoms with Crippen molar-refractivity contribution in [2.24, 2.45) is 6.99 Å². The Labute approximate surface area is 101 Å². The molecule has 2 fully saturated rings. The van der Waals surface area contributed by atoms with Crippen LogP contribution in [-0.4, -0.2) is 12.1 Å². The number of hydrogen-bond acceptors (Lipinski definition) is 2. The molecule has 3 heteroatoms. The third-order valence-electron chi connectivity index (χ3n) is 3.54. The molecule has 2 aliphatic carbocycles. The van der Waals surface area contributed by atoms with Crippen molar-refractivity contribution >= 4 is 0 Å². The Hall–Kier alpha value is 0.288. The molecule has 0 aromatic heterocycles. The van der Waals surface area contributed by atoms with Crippen molar-refractivity contribution in [2.75, 3.05) is 0 Å². The van der Waals surface area contributed by atoms with Gasteiger partial charge >= 0.3 is 101 Å². The van der Waals surface area contributed by atoms with E-state index in [0.29, 0.717) is 12.1 Å². The molecule has 0 unspecified atom stereocenters. The molecule has 0 amide bonds. The Kier molecular flexibility index (Phi) is 5.32. The molecular formula is C12H22MoN2+2. The average molecular weight is 290 g/mol. The normalized spacial score (nSPS) is 24.5. The van der Waals surface area contributed by atoms with Crippen molar-refractivity contribution in [1.29, 1.82) is 0 Å². The predicted molar refractivity (Wildman–Crippen MR) is 58.6 cm³/mol. The summed E-state index contributed by atoms with van der Waals surface area (Å²) in [5.74, 6) is 0. The van der Waals surface area contributed by atoms with Crippen LogP contribution in [0.1, 0.15) is 64.2 Å². The molecule has 2 nitrogen and oxygen atoms in total. The van der Waals surface area contributed by atoms with Crippen molar-refractivity contribution in [3.63, 3.8) is 0 Å². The Bertz CT molecular complexity index is 212. The van der Waals surface area contributed by atoms with Crippen LogP contribution < -0.4 is 0 Å². The minimum absolute atomic E-state index is 0.351. The van der Waals surface area contributed by atoms with Crippen LogP contribution in [0.4, 0.5) is 0 Å². The van der Waals surface area contributed by atoms with Crippen molar-refractivity contribution in [2.45, 2.75) is 76.3 Å². The van der Waals surface area contributed by atoms with Gasteiger partial charge in [-0.25, -0.2) is 0 Å². The summed E-state index contributed by atoms with van der Waals surface area (Å²) in [6, 6.07) is 1.40. The van der Waals surface area contributed by atoms with Crippen LogP contribution in [0.2, 0.25) is 0 Å². The molecule has 2 saturated carbocycles. The van der Waals surface area contributed by atoms with Gasteiger partial charge in [-0.2, -0.15) is 0 Å². The van der Waals surface area contributed by atoms with Crippen LogP contribution in [0.5, 0.6) is 0 Å². The first-order chi connectivity index (χ1) is 7.45. The maximum atomic E-state index is 4.84.